The molecule has 6 heteroatoms. The molecular formula is C19H16N4O2. The van der Waals surface area contributed by atoms with Crippen molar-refractivity contribution in [3.05, 3.63) is 98.5 Å². The van der Waals surface area contributed by atoms with Gasteiger partial charge in [-0.25, -0.2) is 9.78 Å². The maximum atomic E-state index is 12.1. The Morgan fingerprint density at radius 2 is 1.48 bits per heavy atom. The average Bonchev–Trinajstić information content (AvgIpc) is 2.95. The highest BCUT2D eigenvalue weighted by molar-refractivity contribution is 5.70. The summed E-state index contributed by atoms with van der Waals surface area (Å²) in [5.41, 5.74) is 1.85. The van der Waals surface area contributed by atoms with Crippen LogP contribution < -0.4 is 11.2 Å². The molecule has 2 aromatic carbocycles. The van der Waals surface area contributed by atoms with Crippen molar-refractivity contribution in [2.75, 3.05) is 0 Å². The third-order valence-electron chi connectivity index (χ3n) is 4.11. The second-order valence-corrected chi connectivity index (χ2v) is 5.87. The van der Waals surface area contributed by atoms with Crippen LogP contribution >= 0.6 is 0 Å². The first-order chi connectivity index (χ1) is 12.2. The fourth-order valence-electron chi connectivity index (χ4n) is 2.94. The number of imidazole rings is 1. The summed E-state index contributed by atoms with van der Waals surface area (Å²) >= 11 is 0. The second kappa shape index (κ2) is 6.24. The molecule has 0 spiro atoms. The van der Waals surface area contributed by atoms with Crippen molar-refractivity contribution in [2.45, 2.75) is 13.0 Å². The van der Waals surface area contributed by atoms with Gasteiger partial charge in [0.1, 0.15) is 11.5 Å². The number of H-pyrrole nitrogens is 2. The number of nitrogens with zero attached hydrogens (tertiary/aromatic N) is 2. The SMILES string of the molecule is O=c1[nH]c(=O)c2nc(Cc3ccccc3)n(Cc3ccccc3)c2[nH]1. The Morgan fingerprint density at radius 3 is 2.16 bits per heavy atom. The van der Waals surface area contributed by atoms with E-state index in [-0.39, 0.29) is 5.52 Å². The van der Waals surface area contributed by atoms with Crippen LogP contribution in [0.15, 0.2) is 70.3 Å². The van der Waals surface area contributed by atoms with E-state index in [1.165, 1.54) is 0 Å². The zero-order valence-corrected chi connectivity index (χ0v) is 13.4. The Kier molecular flexibility index (Phi) is 3.78. The molecule has 0 aliphatic carbocycles. The summed E-state index contributed by atoms with van der Waals surface area (Å²) in [7, 11) is 0. The number of hydrogen-bond donors (Lipinski definition) is 2. The highest BCUT2D eigenvalue weighted by Gasteiger charge is 2.15. The van der Waals surface area contributed by atoms with Gasteiger partial charge in [-0.2, -0.15) is 0 Å². The topological polar surface area (TPSA) is 83.5 Å². The fourth-order valence-corrected chi connectivity index (χ4v) is 2.94. The van der Waals surface area contributed by atoms with Gasteiger partial charge in [-0.1, -0.05) is 60.7 Å². The molecule has 124 valence electrons. The standard InChI is InChI=1S/C19H16N4O2/c24-18-16-17(21-19(25)22-18)23(12-14-9-5-2-6-10-14)15(20-16)11-13-7-3-1-4-8-13/h1-10H,11-12H2,(H2,21,22,24,25). The van der Waals surface area contributed by atoms with Crippen molar-refractivity contribution in [3.63, 3.8) is 0 Å². The van der Waals surface area contributed by atoms with E-state index in [4.69, 9.17) is 0 Å². The minimum Gasteiger partial charge on any atom is -0.309 e. The fraction of sp³-hybridized carbons (Fsp3) is 0.105. The van der Waals surface area contributed by atoms with Crippen molar-refractivity contribution in [2.24, 2.45) is 0 Å². The molecule has 2 N–H and O–H groups in total. The van der Waals surface area contributed by atoms with Crippen LogP contribution in [0.5, 0.6) is 0 Å². The van der Waals surface area contributed by atoms with Crippen molar-refractivity contribution in [1.82, 2.24) is 19.5 Å². The number of rotatable bonds is 4. The van der Waals surface area contributed by atoms with E-state index in [9.17, 15) is 9.59 Å². The molecule has 25 heavy (non-hydrogen) atoms. The number of aromatic amines is 2. The number of fused-ring (bicyclic) bond motifs is 1. The van der Waals surface area contributed by atoms with Gasteiger partial charge >= 0.3 is 5.69 Å². The van der Waals surface area contributed by atoms with Crippen molar-refractivity contribution >= 4 is 11.2 Å². The molecule has 0 bridgehead atoms. The molecule has 0 unspecified atom stereocenters. The number of benzene rings is 2. The maximum absolute atomic E-state index is 12.1. The zero-order chi connectivity index (χ0) is 17.2. The summed E-state index contributed by atoms with van der Waals surface area (Å²) in [4.78, 5) is 33.3. The van der Waals surface area contributed by atoms with Crippen LogP contribution in [0.1, 0.15) is 17.0 Å². The summed E-state index contributed by atoms with van der Waals surface area (Å²) in [5, 5.41) is 0. The van der Waals surface area contributed by atoms with Gasteiger partial charge in [0.15, 0.2) is 5.52 Å². The van der Waals surface area contributed by atoms with Crippen LogP contribution in [0.3, 0.4) is 0 Å². The maximum Gasteiger partial charge on any atom is 0.327 e. The Labute approximate surface area is 142 Å². The van der Waals surface area contributed by atoms with E-state index in [1.54, 1.807) is 0 Å². The van der Waals surface area contributed by atoms with E-state index in [0.717, 1.165) is 17.0 Å². The second-order valence-electron chi connectivity index (χ2n) is 5.87. The van der Waals surface area contributed by atoms with Crippen LogP contribution in [0.2, 0.25) is 0 Å². The van der Waals surface area contributed by atoms with Crippen molar-refractivity contribution in [3.8, 4) is 0 Å². The largest absolute Gasteiger partial charge is 0.327 e. The van der Waals surface area contributed by atoms with E-state index in [1.807, 2.05) is 65.2 Å². The predicted molar refractivity (Wildman–Crippen MR) is 95.8 cm³/mol. The Balaban J connectivity index is 1.88. The van der Waals surface area contributed by atoms with Crippen molar-refractivity contribution in [1.29, 1.82) is 0 Å². The Bertz CT molecular complexity index is 1130. The first-order valence-electron chi connectivity index (χ1n) is 8.00. The molecule has 0 saturated carbocycles. The van der Waals surface area contributed by atoms with Gasteiger partial charge in [-0.15, -0.1) is 0 Å². The van der Waals surface area contributed by atoms with Gasteiger partial charge < -0.3 is 4.57 Å². The minimum atomic E-state index is -0.530. The van der Waals surface area contributed by atoms with Gasteiger partial charge in [0.25, 0.3) is 5.56 Å². The van der Waals surface area contributed by atoms with Crippen LogP contribution in [0.25, 0.3) is 11.2 Å². The molecule has 0 saturated heterocycles. The quantitative estimate of drug-likeness (QED) is 0.600. The number of nitrogens with one attached hydrogen (secondary N) is 2. The molecule has 0 fully saturated rings. The smallest absolute Gasteiger partial charge is 0.309 e. The predicted octanol–water partition coefficient (Wildman–Crippen LogP) is 2.05. The molecule has 6 nitrogen and oxygen atoms in total. The Hall–Kier alpha value is -3.41. The Morgan fingerprint density at radius 1 is 0.840 bits per heavy atom. The molecule has 0 aliphatic heterocycles. The van der Waals surface area contributed by atoms with Crippen LogP contribution in [0, 0.1) is 0 Å². The molecule has 2 aromatic heterocycles. The lowest BCUT2D eigenvalue weighted by Gasteiger charge is -2.09. The average molecular weight is 332 g/mol. The molecule has 0 atom stereocenters. The van der Waals surface area contributed by atoms with Gasteiger partial charge in [0.2, 0.25) is 0 Å². The van der Waals surface area contributed by atoms with E-state index in [2.05, 4.69) is 15.0 Å². The number of hydrogen-bond acceptors (Lipinski definition) is 3. The molecular weight excluding hydrogens is 316 g/mol. The van der Waals surface area contributed by atoms with E-state index >= 15 is 0 Å². The van der Waals surface area contributed by atoms with Crippen LogP contribution in [-0.4, -0.2) is 19.5 Å². The molecule has 0 aliphatic rings. The summed E-state index contributed by atoms with van der Waals surface area (Å²) in [5.74, 6) is 0.734. The first kappa shape index (κ1) is 15.1. The van der Waals surface area contributed by atoms with Crippen LogP contribution in [-0.2, 0) is 13.0 Å². The molecule has 0 amide bonds. The van der Waals surface area contributed by atoms with Gasteiger partial charge in [-0.05, 0) is 11.1 Å². The third kappa shape index (κ3) is 3.01. The number of aromatic nitrogens is 4. The molecule has 4 aromatic rings. The lowest BCUT2D eigenvalue weighted by molar-refractivity contribution is 0.753. The summed E-state index contributed by atoms with van der Waals surface area (Å²) in [6.45, 7) is 0.527. The van der Waals surface area contributed by atoms with Gasteiger partial charge in [0, 0.05) is 6.42 Å². The normalized spacial score (nSPS) is 11.0. The summed E-state index contributed by atoms with van der Waals surface area (Å²) in [6, 6.07) is 19.8. The van der Waals surface area contributed by atoms with E-state index in [0.29, 0.717) is 18.6 Å². The van der Waals surface area contributed by atoms with Crippen LogP contribution in [0.4, 0.5) is 0 Å². The van der Waals surface area contributed by atoms with Gasteiger partial charge in [0.05, 0.1) is 6.54 Å². The summed E-state index contributed by atoms with van der Waals surface area (Å²) in [6.07, 6.45) is 0.573. The van der Waals surface area contributed by atoms with Gasteiger partial charge in [-0.3, -0.25) is 14.8 Å². The van der Waals surface area contributed by atoms with E-state index < -0.39 is 11.2 Å². The molecule has 4 rings (SSSR count). The first-order valence-corrected chi connectivity index (χ1v) is 8.00. The summed E-state index contributed by atoms with van der Waals surface area (Å²) < 4.78 is 1.90. The lowest BCUT2D eigenvalue weighted by Crippen LogP contribution is -2.22. The zero-order valence-electron chi connectivity index (χ0n) is 13.4. The molecule has 2 heterocycles. The third-order valence-corrected chi connectivity index (χ3v) is 4.11. The highest BCUT2D eigenvalue weighted by Crippen LogP contribution is 2.16. The minimum absolute atomic E-state index is 0.251. The highest BCUT2D eigenvalue weighted by atomic mass is 16.2. The lowest BCUT2D eigenvalue weighted by atomic mass is 10.1. The monoisotopic (exact) mass is 332 g/mol. The van der Waals surface area contributed by atoms with Crippen molar-refractivity contribution < 1.29 is 0 Å². The molecule has 0 radical (unpaired) electrons.